The van der Waals surface area contributed by atoms with Gasteiger partial charge < -0.3 is 30.3 Å². The molecule has 0 bridgehead atoms. The van der Waals surface area contributed by atoms with Crippen molar-refractivity contribution in [2.24, 2.45) is 0 Å². The summed E-state index contributed by atoms with van der Waals surface area (Å²) in [4.78, 5) is 12.7. The molecule has 6 N–H and O–H groups in total. The summed E-state index contributed by atoms with van der Waals surface area (Å²) < 4.78 is 5.93. The van der Waals surface area contributed by atoms with Crippen LogP contribution in [0.1, 0.15) is 74.0 Å². The molecule has 3 rings (SSSR count). The lowest BCUT2D eigenvalue weighted by Gasteiger charge is -2.27. The monoisotopic (exact) mass is 443 g/mol. The zero-order valence-corrected chi connectivity index (χ0v) is 18.6. The normalized spacial score (nSPS) is 16.6. The van der Waals surface area contributed by atoms with Crippen molar-refractivity contribution in [3.05, 3.63) is 52.6 Å². The molecule has 0 unspecified atom stereocenters. The Bertz CT molecular complexity index is 1050. The van der Waals surface area contributed by atoms with Crippen LogP contribution >= 0.6 is 0 Å². The molecular weight excluding hydrogens is 412 g/mol. The first-order valence-corrected chi connectivity index (χ1v) is 10.7. The van der Waals surface area contributed by atoms with E-state index in [-0.39, 0.29) is 46.5 Å². The molecule has 2 aromatic rings. The maximum atomic E-state index is 12.7. The number of benzene rings is 2. The maximum absolute atomic E-state index is 12.7. The lowest BCUT2D eigenvalue weighted by atomic mass is 9.90. The fraction of sp³-hybridized carbons (Fsp3) is 0.400. The largest absolute Gasteiger partial charge is 0.591 e. The number of aliphatic hydroxyl groups is 1. The number of fused-ring (bicyclic) bond motifs is 1. The molecule has 7 heteroatoms. The zero-order valence-electron chi connectivity index (χ0n) is 18.6. The number of carbonyl (C=O) groups is 1. The zero-order chi connectivity index (χ0) is 23.6. The number of ketones is 1. The van der Waals surface area contributed by atoms with Crippen molar-refractivity contribution in [2.75, 3.05) is 0 Å². The summed E-state index contributed by atoms with van der Waals surface area (Å²) >= 11 is 0. The maximum Gasteiger partial charge on any atom is 0.296 e. The lowest BCUT2D eigenvalue weighted by Crippen LogP contribution is -2.21. The second kappa shape index (κ2) is 9.12. The van der Waals surface area contributed by atoms with E-state index in [0.29, 0.717) is 24.0 Å². The molecule has 172 valence electrons. The minimum Gasteiger partial charge on any atom is -0.591 e. The van der Waals surface area contributed by atoms with Gasteiger partial charge in [-0.2, -0.15) is 0 Å². The first-order valence-electron chi connectivity index (χ1n) is 10.7. The highest BCUT2D eigenvalue weighted by molar-refractivity contribution is 6.02. The standard InChI is InChI=1S/C25H30O7/c1-14(5-4-10-25(2,3)31)6-7-17-16(8-9-18(27)24(17)30)21-13-20(29)23-19(28)11-15(26)12-22(23)32-21/h6,8-9,11-12,21,26-28,30-31H,4-5,7,10,13H2,1-3H3/p+1/b14-6+/t21-/m0/s1. The van der Waals surface area contributed by atoms with Crippen molar-refractivity contribution in [1.82, 2.24) is 0 Å². The average molecular weight is 444 g/mol. The van der Waals surface area contributed by atoms with Crippen LogP contribution in [0, 0.1) is 0 Å². The Hall–Kier alpha value is -3.19. The number of phenols is 3. The quantitative estimate of drug-likeness (QED) is 0.371. The van der Waals surface area contributed by atoms with E-state index in [1.54, 1.807) is 19.9 Å². The van der Waals surface area contributed by atoms with Crippen LogP contribution in [0.5, 0.6) is 28.7 Å². The van der Waals surface area contributed by atoms with Gasteiger partial charge in [-0.3, -0.25) is 4.79 Å². The summed E-state index contributed by atoms with van der Waals surface area (Å²) in [6, 6.07) is 5.50. The fourth-order valence-corrected chi connectivity index (χ4v) is 3.94. The van der Waals surface area contributed by atoms with E-state index < -0.39 is 11.7 Å². The van der Waals surface area contributed by atoms with Crippen molar-refractivity contribution in [3.8, 4) is 28.7 Å². The predicted molar refractivity (Wildman–Crippen MR) is 121 cm³/mol. The van der Waals surface area contributed by atoms with E-state index in [4.69, 9.17) is 9.84 Å². The third-order valence-corrected chi connectivity index (χ3v) is 5.67. The molecule has 0 amide bonds. The SMILES string of the molecule is C/C(=C\Cc1c([C@@H]2CC(=O)c3c(O)cc(O)cc3O2)ccc([OH2+])c1O)CCCC(C)(C)O. The van der Waals surface area contributed by atoms with Crippen LogP contribution in [0.4, 0.5) is 0 Å². The Labute approximate surface area is 187 Å². The first kappa shape index (κ1) is 23.5. The number of aromatic hydroxyl groups is 3. The number of hydrogen-bond donors (Lipinski definition) is 4. The Morgan fingerprint density at radius 1 is 1.25 bits per heavy atom. The van der Waals surface area contributed by atoms with E-state index in [2.05, 4.69) is 0 Å². The number of phenolic OH excluding ortho intramolecular Hbond substituents is 3. The molecular formula is C25H31O7+. The third-order valence-electron chi connectivity index (χ3n) is 5.67. The van der Waals surface area contributed by atoms with E-state index in [0.717, 1.165) is 24.5 Å². The molecule has 0 aromatic heterocycles. The van der Waals surface area contributed by atoms with Crippen LogP contribution in [0.2, 0.25) is 0 Å². The van der Waals surface area contributed by atoms with Crippen LogP contribution < -0.4 is 4.74 Å². The summed E-state index contributed by atoms with van der Waals surface area (Å²) in [6.45, 7) is 5.53. The molecule has 0 aliphatic carbocycles. The van der Waals surface area contributed by atoms with Gasteiger partial charge in [-0.05, 0) is 52.5 Å². The predicted octanol–water partition coefficient (Wildman–Crippen LogP) is 4.38. The smallest absolute Gasteiger partial charge is 0.296 e. The van der Waals surface area contributed by atoms with Crippen molar-refractivity contribution < 1.29 is 35.1 Å². The Balaban J connectivity index is 1.86. The van der Waals surface area contributed by atoms with Crippen molar-refractivity contribution >= 4 is 5.78 Å². The topological polar surface area (TPSA) is 130 Å². The summed E-state index contributed by atoms with van der Waals surface area (Å²) in [5.74, 6) is -0.977. The molecule has 0 saturated carbocycles. The fourth-order valence-electron chi connectivity index (χ4n) is 3.94. The van der Waals surface area contributed by atoms with Gasteiger partial charge in [0, 0.05) is 29.3 Å². The molecule has 0 radical (unpaired) electrons. The summed E-state index contributed by atoms with van der Waals surface area (Å²) in [5, 5.41) is 48.2. The minimum atomic E-state index is -0.721. The molecule has 1 heterocycles. The minimum absolute atomic E-state index is 0.0188. The van der Waals surface area contributed by atoms with Crippen molar-refractivity contribution in [1.29, 1.82) is 0 Å². The second-order valence-electron chi connectivity index (χ2n) is 9.02. The van der Waals surface area contributed by atoms with E-state index >= 15 is 0 Å². The van der Waals surface area contributed by atoms with Crippen LogP contribution in [-0.2, 0) is 6.42 Å². The highest BCUT2D eigenvalue weighted by Crippen LogP contribution is 2.44. The van der Waals surface area contributed by atoms with Gasteiger partial charge in [0.25, 0.3) is 5.75 Å². The van der Waals surface area contributed by atoms with Crippen LogP contribution in [0.25, 0.3) is 0 Å². The van der Waals surface area contributed by atoms with E-state index in [1.807, 2.05) is 13.0 Å². The highest BCUT2D eigenvalue weighted by atomic mass is 16.5. The van der Waals surface area contributed by atoms with Gasteiger partial charge in [0.15, 0.2) is 5.78 Å². The molecule has 0 spiro atoms. The average Bonchev–Trinajstić information content (AvgIpc) is 2.67. The van der Waals surface area contributed by atoms with Crippen LogP contribution in [-0.4, -0.2) is 36.9 Å². The summed E-state index contributed by atoms with van der Waals surface area (Å²) in [7, 11) is 0. The highest BCUT2D eigenvalue weighted by Gasteiger charge is 2.33. The number of allylic oxidation sites excluding steroid dienone is 2. The molecule has 0 saturated heterocycles. The van der Waals surface area contributed by atoms with Gasteiger partial charge in [-0.15, -0.1) is 0 Å². The Kier molecular flexibility index (Phi) is 6.69. The molecule has 1 aliphatic heterocycles. The van der Waals surface area contributed by atoms with Gasteiger partial charge >= 0.3 is 0 Å². The summed E-state index contributed by atoms with van der Waals surface area (Å²) in [5.41, 5.74) is 1.50. The lowest BCUT2D eigenvalue weighted by molar-refractivity contribution is 0.0689. The number of hydrogen-bond acceptors (Lipinski definition) is 6. The molecule has 1 atom stereocenters. The van der Waals surface area contributed by atoms with Gasteiger partial charge in [0.2, 0.25) is 5.75 Å². The number of Topliss-reactive ketones (excluding diaryl/α,β-unsaturated/α-hetero) is 1. The van der Waals surface area contributed by atoms with Gasteiger partial charge in [-0.1, -0.05) is 11.6 Å². The molecule has 2 aromatic carbocycles. The Morgan fingerprint density at radius 3 is 2.66 bits per heavy atom. The first-order chi connectivity index (χ1) is 15.0. The number of rotatable bonds is 7. The van der Waals surface area contributed by atoms with E-state index in [1.165, 1.54) is 12.1 Å². The van der Waals surface area contributed by atoms with Crippen molar-refractivity contribution in [3.63, 3.8) is 0 Å². The van der Waals surface area contributed by atoms with Gasteiger partial charge in [0.1, 0.15) is 28.9 Å². The van der Waals surface area contributed by atoms with Gasteiger partial charge in [-0.25, -0.2) is 0 Å². The summed E-state index contributed by atoms with van der Waals surface area (Å²) in [6.07, 6.45) is 3.87. The van der Waals surface area contributed by atoms with Crippen molar-refractivity contribution in [2.45, 2.75) is 64.6 Å². The number of carbonyl (C=O) groups excluding carboxylic acids is 1. The second-order valence-corrected chi connectivity index (χ2v) is 9.02. The molecule has 7 nitrogen and oxygen atoms in total. The van der Waals surface area contributed by atoms with Gasteiger partial charge in [0.05, 0.1) is 12.0 Å². The Morgan fingerprint density at radius 2 is 1.97 bits per heavy atom. The number of ether oxygens (including phenoxy) is 1. The van der Waals surface area contributed by atoms with E-state index in [9.17, 15) is 25.2 Å². The van der Waals surface area contributed by atoms with Crippen LogP contribution in [0.15, 0.2) is 35.9 Å². The van der Waals surface area contributed by atoms with Crippen LogP contribution in [0.3, 0.4) is 0 Å². The molecule has 0 fully saturated rings. The molecule has 1 aliphatic rings. The third kappa shape index (κ3) is 5.34. The molecule has 32 heavy (non-hydrogen) atoms.